The third-order valence-electron chi connectivity index (χ3n) is 2.82. The van der Waals surface area contributed by atoms with Crippen molar-refractivity contribution in [1.82, 2.24) is 5.32 Å². The van der Waals surface area contributed by atoms with E-state index in [4.69, 9.17) is 18.9 Å². The maximum atomic E-state index is 5.78. The average Bonchev–Trinajstić information content (AvgIpc) is 2.39. The molecule has 0 amide bonds. The van der Waals surface area contributed by atoms with Gasteiger partial charge in [-0.3, -0.25) is 0 Å². The second-order valence-electron chi connectivity index (χ2n) is 4.07. The van der Waals surface area contributed by atoms with Gasteiger partial charge in [0.15, 0.2) is 0 Å². The summed E-state index contributed by atoms with van der Waals surface area (Å²) in [6.45, 7) is 14.0. The molecule has 0 aromatic heterocycles. The van der Waals surface area contributed by atoms with E-state index in [1.165, 1.54) is 0 Å². The van der Waals surface area contributed by atoms with Crippen LogP contribution in [0.1, 0.15) is 54.4 Å². The number of nitrogens with one attached hydrogen (secondary N) is 1. The van der Waals surface area contributed by atoms with Gasteiger partial charge in [0.05, 0.1) is 0 Å². The average molecular weight is 277 g/mol. The van der Waals surface area contributed by atoms with Crippen LogP contribution < -0.4 is 5.32 Å². The molecular formula is C14H31NO4. The highest BCUT2D eigenvalue weighted by Gasteiger charge is 2.41. The fourth-order valence-corrected chi connectivity index (χ4v) is 2.04. The number of ether oxygens (including phenoxy) is 4. The molecule has 0 spiro atoms. The van der Waals surface area contributed by atoms with Gasteiger partial charge in [-0.1, -0.05) is 13.8 Å². The van der Waals surface area contributed by atoms with E-state index in [1.807, 2.05) is 41.5 Å². The first-order valence-corrected chi connectivity index (χ1v) is 7.42. The van der Waals surface area contributed by atoms with E-state index < -0.39 is 11.8 Å². The van der Waals surface area contributed by atoms with Gasteiger partial charge in [-0.2, -0.15) is 0 Å². The van der Waals surface area contributed by atoms with Gasteiger partial charge in [-0.25, -0.2) is 5.32 Å². The largest absolute Gasteiger partial charge is 0.338 e. The normalized spacial score (nSPS) is 12.9. The minimum atomic E-state index is -0.871. The van der Waals surface area contributed by atoms with Crippen molar-refractivity contribution < 1.29 is 18.9 Å². The molecule has 0 aliphatic rings. The summed E-state index contributed by atoms with van der Waals surface area (Å²) in [5.41, 5.74) is 0. The Hall–Kier alpha value is -0.200. The van der Waals surface area contributed by atoms with Crippen LogP contribution in [-0.4, -0.2) is 38.2 Å². The first-order chi connectivity index (χ1) is 9.07. The zero-order valence-electron chi connectivity index (χ0n) is 13.4. The standard InChI is InChI=1S/C14H31NO4/c1-7-13(16-9-3,17-10-4)15-14(8-2,18-11-5)19-12-6/h15H,7-12H2,1-6H3. The van der Waals surface area contributed by atoms with Crippen LogP contribution >= 0.6 is 0 Å². The van der Waals surface area contributed by atoms with Crippen molar-refractivity contribution in [2.24, 2.45) is 0 Å². The summed E-state index contributed by atoms with van der Waals surface area (Å²) >= 11 is 0. The van der Waals surface area contributed by atoms with Crippen LogP contribution in [0.5, 0.6) is 0 Å². The summed E-state index contributed by atoms with van der Waals surface area (Å²) in [5, 5.41) is 3.30. The van der Waals surface area contributed by atoms with Crippen molar-refractivity contribution in [1.29, 1.82) is 0 Å². The molecule has 116 valence electrons. The second kappa shape index (κ2) is 9.66. The zero-order chi connectivity index (χ0) is 14.8. The fourth-order valence-electron chi connectivity index (χ4n) is 2.04. The number of hydrogen-bond donors (Lipinski definition) is 1. The summed E-state index contributed by atoms with van der Waals surface area (Å²) < 4.78 is 23.1. The Morgan fingerprint density at radius 1 is 0.579 bits per heavy atom. The molecule has 0 aliphatic carbocycles. The molecule has 0 saturated carbocycles. The SMILES string of the molecule is CCOC(CC)(NC(CC)(OCC)OCC)OCC. The van der Waals surface area contributed by atoms with Crippen molar-refractivity contribution in [2.45, 2.75) is 66.2 Å². The number of hydrogen-bond acceptors (Lipinski definition) is 5. The Bertz CT molecular complexity index is 189. The molecule has 0 aliphatic heterocycles. The van der Waals surface area contributed by atoms with Gasteiger partial charge < -0.3 is 18.9 Å². The molecule has 0 aromatic rings. The lowest BCUT2D eigenvalue weighted by Crippen LogP contribution is -2.63. The Morgan fingerprint density at radius 2 is 0.842 bits per heavy atom. The quantitative estimate of drug-likeness (QED) is 0.556. The molecule has 0 fully saturated rings. The van der Waals surface area contributed by atoms with Gasteiger partial charge in [-0.05, 0) is 27.7 Å². The molecule has 0 unspecified atom stereocenters. The molecule has 0 aromatic carbocycles. The molecule has 0 atom stereocenters. The third-order valence-corrected chi connectivity index (χ3v) is 2.82. The van der Waals surface area contributed by atoms with E-state index in [0.29, 0.717) is 39.3 Å². The van der Waals surface area contributed by atoms with Crippen LogP contribution in [0.4, 0.5) is 0 Å². The van der Waals surface area contributed by atoms with Crippen molar-refractivity contribution in [3.05, 3.63) is 0 Å². The fraction of sp³-hybridized carbons (Fsp3) is 1.00. The Morgan fingerprint density at radius 3 is 1.00 bits per heavy atom. The van der Waals surface area contributed by atoms with Crippen LogP contribution in [0.25, 0.3) is 0 Å². The monoisotopic (exact) mass is 277 g/mol. The van der Waals surface area contributed by atoms with Crippen LogP contribution in [0.2, 0.25) is 0 Å². The molecule has 0 radical (unpaired) electrons. The predicted molar refractivity (Wildman–Crippen MR) is 75.7 cm³/mol. The summed E-state index contributed by atoms with van der Waals surface area (Å²) in [5.74, 6) is -1.74. The molecule has 0 rings (SSSR count). The van der Waals surface area contributed by atoms with Gasteiger partial charge in [-0.15, -0.1) is 0 Å². The van der Waals surface area contributed by atoms with Crippen molar-refractivity contribution in [3.8, 4) is 0 Å². The Balaban J connectivity index is 5.08. The van der Waals surface area contributed by atoms with Gasteiger partial charge in [0.25, 0.3) is 0 Å². The molecule has 0 saturated heterocycles. The second-order valence-corrected chi connectivity index (χ2v) is 4.07. The molecule has 0 heterocycles. The lowest BCUT2D eigenvalue weighted by Gasteiger charge is -2.42. The maximum Gasteiger partial charge on any atom is 0.231 e. The van der Waals surface area contributed by atoms with E-state index in [0.717, 1.165) is 0 Å². The van der Waals surface area contributed by atoms with Crippen LogP contribution in [0, 0.1) is 0 Å². The first kappa shape index (κ1) is 18.8. The van der Waals surface area contributed by atoms with E-state index in [9.17, 15) is 0 Å². The lowest BCUT2D eigenvalue weighted by atomic mass is 10.2. The highest BCUT2D eigenvalue weighted by Crippen LogP contribution is 2.24. The molecule has 19 heavy (non-hydrogen) atoms. The molecule has 5 nitrogen and oxygen atoms in total. The van der Waals surface area contributed by atoms with E-state index in [-0.39, 0.29) is 0 Å². The topological polar surface area (TPSA) is 49.0 Å². The van der Waals surface area contributed by atoms with E-state index in [2.05, 4.69) is 5.32 Å². The Kier molecular flexibility index (Phi) is 9.56. The Labute approximate surface area is 117 Å². The summed E-state index contributed by atoms with van der Waals surface area (Å²) in [7, 11) is 0. The maximum absolute atomic E-state index is 5.78. The van der Waals surface area contributed by atoms with Gasteiger partial charge >= 0.3 is 0 Å². The van der Waals surface area contributed by atoms with Crippen molar-refractivity contribution >= 4 is 0 Å². The third kappa shape index (κ3) is 5.75. The zero-order valence-corrected chi connectivity index (χ0v) is 13.4. The van der Waals surface area contributed by atoms with E-state index in [1.54, 1.807) is 0 Å². The summed E-state index contributed by atoms with van der Waals surface area (Å²) in [4.78, 5) is 0. The first-order valence-electron chi connectivity index (χ1n) is 7.42. The molecule has 1 N–H and O–H groups in total. The van der Waals surface area contributed by atoms with Gasteiger partial charge in [0, 0.05) is 39.3 Å². The lowest BCUT2D eigenvalue weighted by molar-refractivity contribution is -0.342. The van der Waals surface area contributed by atoms with Crippen LogP contribution in [-0.2, 0) is 18.9 Å². The number of rotatable bonds is 12. The van der Waals surface area contributed by atoms with Gasteiger partial charge in [0.1, 0.15) is 0 Å². The van der Waals surface area contributed by atoms with Gasteiger partial charge in [0.2, 0.25) is 11.8 Å². The minimum absolute atomic E-state index is 0.554. The molecule has 5 heteroatoms. The smallest absolute Gasteiger partial charge is 0.231 e. The highest BCUT2D eigenvalue weighted by atomic mass is 16.8. The van der Waals surface area contributed by atoms with Crippen LogP contribution in [0.3, 0.4) is 0 Å². The van der Waals surface area contributed by atoms with E-state index >= 15 is 0 Å². The molecule has 0 bridgehead atoms. The predicted octanol–water partition coefficient (Wildman–Crippen LogP) is 2.85. The van der Waals surface area contributed by atoms with Crippen LogP contribution in [0.15, 0.2) is 0 Å². The van der Waals surface area contributed by atoms with Crippen molar-refractivity contribution in [2.75, 3.05) is 26.4 Å². The highest BCUT2D eigenvalue weighted by molar-refractivity contribution is 4.75. The summed E-state index contributed by atoms with van der Waals surface area (Å²) in [6.07, 6.45) is 1.33. The minimum Gasteiger partial charge on any atom is -0.338 e. The van der Waals surface area contributed by atoms with Crippen molar-refractivity contribution in [3.63, 3.8) is 0 Å². The summed E-state index contributed by atoms with van der Waals surface area (Å²) in [6, 6.07) is 0. The molecular weight excluding hydrogens is 246 g/mol.